The average Bonchev–Trinajstić information content (AvgIpc) is 2.65. The average molecular weight is 256 g/mol. The zero-order valence-electron chi connectivity index (χ0n) is 8.89. The van der Waals surface area contributed by atoms with Crippen molar-refractivity contribution in [1.82, 2.24) is 19.6 Å². The van der Waals surface area contributed by atoms with E-state index in [0.29, 0.717) is 37.5 Å². The van der Waals surface area contributed by atoms with Gasteiger partial charge in [0.15, 0.2) is 5.65 Å². The molecule has 90 valence electrons. The third kappa shape index (κ3) is 1.77. The highest BCUT2D eigenvalue weighted by Gasteiger charge is 2.17. The van der Waals surface area contributed by atoms with Crippen molar-refractivity contribution in [3.8, 4) is 0 Å². The molecule has 1 fully saturated rings. The first-order valence-corrected chi connectivity index (χ1v) is 5.60. The minimum Gasteiger partial charge on any atom is -0.378 e. The summed E-state index contributed by atoms with van der Waals surface area (Å²) in [4.78, 5) is 22.5. The van der Waals surface area contributed by atoms with Crippen molar-refractivity contribution >= 4 is 22.8 Å². The topological polar surface area (TPSA) is 76.0 Å². The van der Waals surface area contributed by atoms with E-state index in [1.54, 1.807) is 0 Å². The van der Waals surface area contributed by atoms with Crippen LogP contribution >= 0.6 is 11.6 Å². The Morgan fingerprint density at radius 3 is 2.94 bits per heavy atom. The number of halogens is 1. The molecule has 0 unspecified atom stereocenters. The molecule has 17 heavy (non-hydrogen) atoms. The van der Waals surface area contributed by atoms with E-state index in [2.05, 4.69) is 15.0 Å². The van der Waals surface area contributed by atoms with Gasteiger partial charge in [-0.05, 0) is 11.6 Å². The SMILES string of the molecule is O=c1[nH]c2cnc(Cl)nc2n1N1CCOCC1. The molecule has 0 aliphatic carbocycles. The number of ether oxygens (including phenoxy) is 1. The summed E-state index contributed by atoms with van der Waals surface area (Å²) in [7, 11) is 0. The number of hydrogen-bond donors (Lipinski definition) is 1. The highest BCUT2D eigenvalue weighted by atomic mass is 35.5. The first-order valence-electron chi connectivity index (χ1n) is 5.22. The second-order valence-corrected chi connectivity index (χ2v) is 4.02. The molecule has 7 nitrogen and oxygen atoms in total. The van der Waals surface area contributed by atoms with Crippen LogP contribution < -0.4 is 10.7 Å². The van der Waals surface area contributed by atoms with E-state index < -0.39 is 0 Å². The summed E-state index contributed by atoms with van der Waals surface area (Å²) in [6, 6.07) is 0. The molecule has 2 aromatic rings. The van der Waals surface area contributed by atoms with Gasteiger partial charge in [0.05, 0.1) is 32.5 Å². The Hall–Kier alpha value is -1.60. The lowest BCUT2D eigenvalue weighted by atomic mass is 10.5. The van der Waals surface area contributed by atoms with Crippen LogP contribution in [0.25, 0.3) is 11.2 Å². The van der Waals surface area contributed by atoms with Gasteiger partial charge in [0.1, 0.15) is 5.52 Å². The summed E-state index contributed by atoms with van der Waals surface area (Å²) in [6.07, 6.45) is 1.50. The first-order chi connectivity index (χ1) is 8.25. The number of nitrogens with one attached hydrogen (secondary N) is 1. The molecule has 1 aliphatic rings. The Labute approximate surface area is 101 Å². The smallest absolute Gasteiger partial charge is 0.346 e. The normalized spacial score (nSPS) is 16.6. The molecule has 0 amide bonds. The summed E-state index contributed by atoms with van der Waals surface area (Å²) in [5, 5.41) is 2.01. The largest absolute Gasteiger partial charge is 0.378 e. The van der Waals surface area contributed by atoms with Crippen LogP contribution in [0.5, 0.6) is 0 Å². The van der Waals surface area contributed by atoms with Gasteiger partial charge < -0.3 is 14.7 Å². The molecule has 0 atom stereocenters. The van der Waals surface area contributed by atoms with Crippen LogP contribution in [0.3, 0.4) is 0 Å². The molecule has 8 heteroatoms. The fraction of sp³-hybridized carbons (Fsp3) is 0.444. The summed E-state index contributed by atoms with van der Waals surface area (Å²) >= 11 is 5.74. The van der Waals surface area contributed by atoms with Crippen molar-refractivity contribution in [2.24, 2.45) is 0 Å². The molecule has 0 aromatic carbocycles. The Bertz CT molecular complexity index is 601. The standard InChI is InChI=1S/C9H10ClN5O2/c10-8-11-5-6-7(13-8)15(9(16)12-6)14-1-3-17-4-2-14/h5H,1-4H2,(H,12,16). The van der Waals surface area contributed by atoms with E-state index >= 15 is 0 Å². The van der Waals surface area contributed by atoms with E-state index in [9.17, 15) is 4.79 Å². The number of aromatic amines is 1. The molecule has 3 rings (SSSR count). The van der Waals surface area contributed by atoms with Crippen molar-refractivity contribution in [2.75, 3.05) is 31.3 Å². The minimum atomic E-state index is -0.238. The summed E-state index contributed by atoms with van der Waals surface area (Å²) < 4.78 is 6.74. The lowest BCUT2D eigenvalue weighted by molar-refractivity contribution is 0.111. The maximum absolute atomic E-state index is 11.9. The number of aromatic nitrogens is 4. The van der Waals surface area contributed by atoms with E-state index in [0.717, 1.165) is 0 Å². The molecule has 3 heterocycles. The lowest BCUT2D eigenvalue weighted by Gasteiger charge is -2.28. The van der Waals surface area contributed by atoms with Crippen LogP contribution in [0.4, 0.5) is 0 Å². The third-order valence-electron chi connectivity index (χ3n) is 2.64. The number of fused-ring (bicyclic) bond motifs is 1. The third-order valence-corrected chi connectivity index (χ3v) is 2.83. The van der Waals surface area contributed by atoms with Crippen molar-refractivity contribution in [1.29, 1.82) is 0 Å². The molecule has 0 radical (unpaired) electrons. The van der Waals surface area contributed by atoms with Crippen molar-refractivity contribution in [3.05, 3.63) is 22.0 Å². The van der Waals surface area contributed by atoms with E-state index in [1.807, 2.05) is 5.01 Å². The molecule has 0 spiro atoms. The van der Waals surface area contributed by atoms with Crippen molar-refractivity contribution in [3.63, 3.8) is 0 Å². The fourth-order valence-corrected chi connectivity index (χ4v) is 2.01. The molecular weight excluding hydrogens is 246 g/mol. The zero-order chi connectivity index (χ0) is 11.8. The van der Waals surface area contributed by atoms with Gasteiger partial charge in [-0.15, -0.1) is 0 Å². The zero-order valence-corrected chi connectivity index (χ0v) is 9.65. The highest BCUT2D eigenvalue weighted by molar-refractivity contribution is 6.28. The highest BCUT2D eigenvalue weighted by Crippen LogP contribution is 2.10. The van der Waals surface area contributed by atoms with Gasteiger partial charge in [0.25, 0.3) is 0 Å². The number of rotatable bonds is 1. The number of hydrogen-bond acceptors (Lipinski definition) is 5. The quantitative estimate of drug-likeness (QED) is 0.711. The second kappa shape index (κ2) is 4.01. The maximum Gasteiger partial charge on any atom is 0.346 e. The van der Waals surface area contributed by atoms with Crippen LogP contribution in [0.1, 0.15) is 0 Å². The summed E-state index contributed by atoms with van der Waals surface area (Å²) in [5.74, 6) is 0. The van der Waals surface area contributed by atoms with Gasteiger partial charge in [-0.25, -0.2) is 9.78 Å². The lowest BCUT2D eigenvalue weighted by Crippen LogP contribution is -2.48. The molecule has 2 aromatic heterocycles. The Balaban J connectivity index is 2.16. The number of imidazole rings is 1. The van der Waals surface area contributed by atoms with Crippen LogP contribution in [0, 0.1) is 0 Å². The van der Waals surface area contributed by atoms with E-state index in [1.165, 1.54) is 10.9 Å². The predicted octanol–water partition coefficient (Wildman–Crippen LogP) is -0.259. The molecule has 1 saturated heterocycles. The number of H-pyrrole nitrogens is 1. The molecule has 0 bridgehead atoms. The second-order valence-electron chi connectivity index (χ2n) is 3.68. The summed E-state index contributed by atoms with van der Waals surface area (Å²) in [5.41, 5.74) is 0.834. The Morgan fingerprint density at radius 2 is 2.18 bits per heavy atom. The van der Waals surface area contributed by atoms with Gasteiger partial charge in [0.2, 0.25) is 5.28 Å². The fourth-order valence-electron chi connectivity index (χ4n) is 1.88. The monoisotopic (exact) mass is 255 g/mol. The minimum absolute atomic E-state index is 0.124. The first kappa shape index (κ1) is 10.5. The molecule has 1 aliphatic heterocycles. The van der Waals surface area contributed by atoms with Gasteiger partial charge in [-0.3, -0.25) is 0 Å². The van der Waals surface area contributed by atoms with Gasteiger partial charge in [0, 0.05) is 0 Å². The van der Waals surface area contributed by atoms with Crippen LogP contribution in [-0.4, -0.2) is 45.9 Å². The van der Waals surface area contributed by atoms with Crippen LogP contribution in [-0.2, 0) is 4.74 Å². The summed E-state index contributed by atoms with van der Waals surface area (Å²) in [6.45, 7) is 2.48. The molecular formula is C9H10ClN5O2. The predicted molar refractivity (Wildman–Crippen MR) is 61.9 cm³/mol. The Morgan fingerprint density at radius 1 is 1.41 bits per heavy atom. The van der Waals surface area contributed by atoms with E-state index in [4.69, 9.17) is 16.3 Å². The molecule has 1 N–H and O–H groups in total. The van der Waals surface area contributed by atoms with Crippen molar-refractivity contribution in [2.45, 2.75) is 0 Å². The van der Waals surface area contributed by atoms with Gasteiger partial charge in [-0.2, -0.15) is 9.66 Å². The van der Waals surface area contributed by atoms with Crippen LogP contribution in [0.2, 0.25) is 5.28 Å². The number of nitrogens with zero attached hydrogens (tertiary/aromatic N) is 4. The number of morpholine rings is 1. The van der Waals surface area contributed by atoms with Gasteiger partial charge >= 0.3 is 5.69 Å². The molecule has 0 saturated carbocycles. The van der Waals surface area contributed by atoms with Crippen molar-refractivity contribution < 1.29 is 4.74 Å². The van der Waals surface area contributed by atoms with Crippen LogP contribution in [0.15, 0.2) is 11.0 Å². The van der Waals surface area contributed by atoms with Gasteiger partial charge in [-0.1, -0.05) is 0 Å². The Kier molecular flexibility index (Phi) is 2.49. The van der Waals surface area contributed by atoms with E-state index in [-0.39, 0.29) is 11.0 Å². The maximum atomic E-state index is 11.9.